The number of aromatic nitrogens is 4. The Kier molecular flexibility index (Phi) is 4.63. The molecule has 5 rings (SSSR count). The van der Waals surface area contributed by atoms with Gasteiger partial charge in [-0.3, -0.25) is 10.1 Å². The standard InChI is InChI=1S/C23H16FN5O3/c24-17-7-5-12(10-19-14-3-1-2-4-15(14)21(30)29-28-19)9-16(17)13-6-8-18-20(11-13)26-22(25-18)27-23(31)32/h1-9,11H,10H2,(H,29,30)(H,31,32)(H2,25,26,27). The normalized spacial score (nSPS) is 11.2. The first kappa shape index (κ1) is 19.4. The quantitative estimate of drug-likeness (QED) is 0.339. The molecule has 0 unspecified atom stereocenters. The van der Waals surface area contributed by atoms with E-state index in [0.717, 1.165) is 10.9 Å². The molecule has 8 nitrogen and oxygen atoms in total. The van der Waals surface area contributed by atoms with E-state index in [2.05, 4.69) is 25.5 Å². The summed E-state index contributed by atoms with van der Waals surface area (Å²) in [6.07, 6.45) is -0.826. The lowest BCUT2D eigenvalue weighted by Gasteiger charge is -2.09. The lowest BCUT2D eigenvalue weighted by molar-refractivity contribution is 0.209. The van der Waals surface area contributed by atoms with Crippen LogP contribution in [0.2, 0.25) is 0 Å². The van der Waals surface area contributed by atoms with E-state index in [0.29, 0.717) is 39.7 Å². The maximum Gasteiger partial charge on any atom is 0.411 e. The van der Waals surface area contributed by atoms with Crippen LogP contribution in [0.15, 0.2) is 65.5 Å². The molecular weight excluding hydrogens is 413 g/mol. The number of rotatable bonds is 4. The Morgan fingerprint density at radius 1 is 1.06 bits per heavy atom. The lowest BCUT2D eigenvalue weighted by atomic mass is 9.98. The van der Waals surface area contributed by atoms with Gasteiger partial charge in [0.15, 0.2) is 0 Å². The molecular formula is C23H16FN5O3. The van der Waals surface area contributed by atoms with Crippen molar-refractivity contribution in [2.45, 2.75) is 6.42 Å². The van der Waals surface area contributed by atoms with Gasteiger partial charge >= 0.3 is 6.09 Å². The molecule has 2 aromatic heterocycles. The fraction of sp³-hybridized carbons (Fsp3) is 0.0435. The molecule has 0 bridgehead atoms. The third-order valence-electron chi connectivity index (χ3n) is 5.20. The maximum atomic E-state index is 14.7. The molecule has 4 N–H and O–H groups in total. The van der Waals surface area contributed by atoms with Crippen molar-refractivity contribution < 1.29 is 14.3 Å². The van der Waals surface area contributed by atoms with E-state index in [1.54, 1.807) is 42.5 Å². The molecule has 1 amide bonds. The molecule has 0 atom stereocenters. The van der Waals surface area contributed by atoms with Crippen LogP contribution in [0.3, 0.4) is 0 Å². The number of nitrogens with zero attached hydrogens (tertiary/aromatic N) is 2. The minimum Gasteiger partial charge on any atom is -0.465 e. The van der Waals surface area contributed by atoms with Crippen molar-refractivity contribution in [1.29, 1.82) is 0 Å². The molecule has 0 aliphatic heterocycles. The number of H-pyrrole nitrogens is 2. The number of aromatic amines is 2. The summed E-state index contributed by atoms with van der Waals surface area (Å²) < 4.78 is 14.7. The summed E-state index contributed by atoms with van der Waals surface area (Å²) in [5.41, 5.74) is 3.36. The lowest BCUT2D eigenvalue weighted by Crippen LogP contribution is -2.11. The van der Waals surface area contributed by atoms with E-state index in [1.165, 1.54) is 6.07 Å². The Morgan fingerprint density at radius 2 is 1.88 bits per heavy atom. The van der Waals surface area contributed by atoms with Gasteiger partial charge in [0.25, 0.3) is 5.56 Å². The van der Waals surface area contributed by atoms with Crippen molar-refractivity contribution in [3.05, 3.63) is 88.1 Å². The van der Waals surface area contributed by atoms with E-state index in [-0.39, 0.29) is 11.5 Å². The molecule has 0 fully saturated rings. The van der Waals surface area contributed by atoms with Crippen LogP contribution in [-0.4, -0.2) is 31.4 Å². The van der Waals surface area contributed by atoms with Crippen LogP contribution in [0.5, 0.6) is 0 Å². The predicted octanol–water partition coefficient (Wildman–Crippen LogP) is 4.29. The van der Waals surface area contributed by atoms with Crippen molar-refractivity contribution in [2.24, 2.45) is 0 Å². The molecule has 32 heavy (non-hydrogen) atoms. The number of benzene rings is 3. The minimum atomic E-state index is -1.23. The summed E-state index contributed by atoms with van der Waals surface area (Å²) in [6.45, 7) is 0. The Hall–Kier alpha value is -4.53. The van der Waals surface area contributed by atoms with Gasteiger partial charge in [-0.1, -0.05) is 30.3 Å². The predicted molar refractivity (Wildman–Crippen MR) is 118 cm³/mol. The van der Waals surface area contributed by atoms with E-state index in [9.17, 15) is 14.0 Å². The second kappa shape index (κ2) is 7.62. The first-order valence-electron chi connectivity index (χ1n) is 9.73. The van der Waals surface area contributed by atoms with Gasteiger partial charge in [0.05, 0.1) is 22.1 Å². The Balaban J connectivity index is 1.53. The van der Waals surface area contributed by atoms with Gasteiger partial charge in [0.1, 0.15) is 5.82 Å². The Morgan fingerprint density at radius 3 is 2.69 bits per heavy atom. The molecule has 0 aliphatic rings. The molecule has 0 spiro atoms. The van der Waals surface area contributed by atoms with Gasteiger partial charge in [0, 0.05) is 17.4 Å². The summed E-state index contributed by atoms with van der Waals surface area (Å²) in [4.78, 5) is 29.9. The van der Waals surface area contributed by atoms with Crippen LogP contribution in [0.1, 0.15) is 11.3 Å². The van der Waals surface area contributed by atoms with E-state index < -0.39 is 11.9 Å². The van der Waals surface area contributed by atoms with Gasteiger partial charge in [-0.25, -0.2) is 19.3 Å². The summed E-state index contributed by atoms with van der Waals surface area (Å²) in [7, 11) is 0. The van der Waals surface area contributed by atoms with Crippen LogP contribution < -0.4 is 10.9 Å². The van der Waals surface area contributed by atoms with Crippen LogP contribution in [-0.2, 0) is 6.42 Å². The SMILES string of the molecule is O=C(O)Nc1nc2cc(-c3cc(Cc4n[nH]c(=O)c5ccccc45)ccc3F)ccc2[nH]1. The number of carbonyl (C=O) groups is 1. The first-order valence-corrected chi connectivity index (χ1v) is 9.73. The van der Waals surface area contributed by atoms with Crippen molar-refractivity contribution in [2.75, 3.05) is 5.32 Å². The number of hydrogen-bond donors (Lipinski definition) is 4. The summed E-state index contributed by atoms with van der Waals surface area (Å²) in [5.74, 6) is -0.304. The van der Waals surface area contributed by atoms with Crippen molar-refractivity contribution in [1.82, 2.24) is 20.2 Å². The van der Waals surface area contributed by atoms with Gasteiger partial charge in [-0.15, -0.1) is 0 Å². The molecule has 0 aliphatic carbocycles. The maximum absolute atomic E-state index is 14.7. The molecule has 158 valence electrons. The van der Waals surface area contributed by atoms with E-state index in [1.807, 2.05) is 12.1 Å². The molecule has 0 radical (unpaired) electrons. The van der Waals surface area contributed by atoms with Gasteiger partial charge in [-0.2, -0.15) is 5.10 Å². The molecule has 2 heterocycles. The number of nitrogens with one attached hydrogen (secondary N) is 3. The van der Waals surface area contributed by atoms with Crippen LogP contribution in [0.25, 0.3) is 32.9 Å². The van der Waals surface area contributed by atoms with Gasteiger partial charge < -0.3 is 10.1 Å². The van der Waals surface area contributed by atoms with Crippen LogP contribution >= 0.6 is 0 Å². The largest absolute Gasteiger partial charge is 0.465 e. The highest BCUT2D eigenvalue weighted by molar-refractivity contribution is 5.87. The smallest absolute Gasteiger partial charge is 0.411 e. The summed E-state index contributed by atoms with van der Waals surface area (Å²) in [5, 5.41) is 19.0. The number of carboxylic acid groups (broad SMARTS) is 1. The number of imidazole rings is 1. The van der Waals surface area contributed by atoms with Crippen molar-refractivity contribution >= 4 is 33.8 Å². The number of halogens is 1. The molecule has 5 aromatic rings. The topological polar surface area (TPSA) is 124 Å². The third kappa shape index (κ3) is 3.56. The highest BCUT2D eigenvalue weighted by Gasteiger charge is 2.12. The summed E-state index contributed by atoms with van der Waals surface area (Å²) >= 11 is 0. The third-order valence-corrected chi connectivity index (χ3v) is 5.20. The van der Waals surface area contributed by atoms with Crippen molar-refractivity contribution in [3.63, 3.8) is 0 Å². The zero-order valence-electron chi connectivity index (χ0n) is 16.5. The molecule has 3 aromatic carbocycles. The average molecular weight is 429 g/mol. The molecule has 9 heteroatoms. The Bertz CT molecular complexity index is 1560. The Labute approximate surface area is 179 Å². The van der Waals surface area contributed by atoms with Crippen molar-refractivity contribution in [3.8, 4) is 11.1 Å². The summed E-state index contributed by atoms with van der Waals surface area (Å²) in [6, 6.07) is 17.2. The first-order chi connectivity index (χ1) is 15.5. The number of anilines is 1. The second-order valence-electron chi connectivity index (χ2n) is 7.28. The van der Waals surface area contributed by atoms with E-state index >= 15 is 0 Å². The molecule has 0 saturated carbocycles. The van der Waals surface area contributed by atoms with Gasteiger partial charge in [-0.05, 0) is 41.5 Å². The zero-order valence-corrected chi connectivity index (χ0v) is 16.5. The zero-order chi connectivity index (χ0) is 22.2. The number of hydrogen-bond acceptors (Lipinski definition) is 4. The van der Waals surface area contributed by atoms with Crippen LogP contribution in [0, 0.1) is 5.82 Å². The van der Waals surface area contributed by atoms with Crippen LogP contribution in [0.4, 0.5) is 15.1 Å². The second-order valence-corrected chi connectivity index (χ2v) is 7.28. The van der Waals surface area contributed by atoms with Gasteiger partial charge in [0.2, 0.25) is 5.95 Å². The fourth-order valence-electron chi connectivity index (χ4n) is 3.74. The minimum absolute atomic E-state index is 0.0925. The highest BCUT2D eigenvalue weighted by atomic mass is 19.1. The fourth-order valence-corrected chi connectivity index (χ4v) is 3.74. The highest BCUT2D eigenvalue weighted by Crippen LogP contribution is 2.28. The average Bonchev–Trinajstić information content (AvgIpc) is 3.18. The molecule has 0 saturated heterocycles. The number of fused-ring (bicyclic) bond motifs is 2. The number of amides is 1. The van der Waals surface area contributed by atoms with E-state index in [4.69, 9.17) is 5.11 Å². The monoisotopic (exact) mass is 429 g/mol.